The van der Waals surface area contributed by atoms with Gasteiger partial charge in [0, 0.05) is 0 Å². The first-order valence-corrected chi connectivity index (χ1v) is 23.1. The molecule has 0 aliphatic carbocycles. The smallest absolute Gasteiger partial charge is 0.303 e. The van der Waals surface area contributed by atoms with Gasteiger partial charge in [-0.15, -0.1) is 0 Å². The Labute approximate surface area is 341 Å². The first-order valence-electron chi connectivity index (χ1n) is 21.5. The second-order valence-electron chi connectivity index (χ2n) is 16.8. The van der Waals surface area contributed by atoms with Gasteiger partial charge in [0.05, 0.1) is 6.61 Å². The summed E-state index contributed by atoms with van der Waals surface area (Å²) in [6.07, 6.45) is 42.6. The average molecular weight is 781 g/mol. The van der Waals surface area contributed by atoms with E-state index >= 15 is 0 Å². The van der Waals surface area contributed by atoms with Crippen LogP contribution in [0.1, 0.15) is 198 Å². The van der Waals surface area contributed by atoms with Gasteiger partial charge in [-0.1, -0.05) is 112 Å². The largest absolute Gasteiger partial charge is 0.469 e. The van der Waals surface area contributed by atoms with Gasteiger partial charge in [-0.25, -0.2) is 4.57 Å². The molecule has 0 rings (SSSR count). The van der Waals surface area contributed by atoms with Crippen molar-refractivity contribution in [2.24, 2.45) is 5.92 Å². The van der Waals surface area contributed by atoms with Crippen LogP contribution in [0.3, 0.4) is 0 Å². The summed E-state index contributed by atoms with van der Waals surface area (Å²) in [4.78, 5) is 17.6. The summed E-state index contributed by atoms with van der Waals surface area (Å²) < 4.78 is 15.3. The molecule has 0 aromatic carbocycles. The van der Waals surface area contributed by atoms with E-state index in [9.17, 15) is 4.57 Å². The predicted octanol–water partition coefficient (Wildman–Crippen LogP) is 16.7. The van der Waals surface area contributed by atoms with Crippen LogP contribution in [-0.2, 0) is 9.09 Å². The van der Waals surface area contributed by atoms with Crippen molar-refractivity contribution < 1.29 is 18.9 Å². The van der Waals surface area contributed by atoms with E-state index in [1.54, 1.807) is 0 Å². The fourth-order valence-electron chi connectivity index (χ4n) is 6.36. The topological polar surface area (TPSA) is 66.8 Å². The van der Waals surface area contributed by atoms with Gasteiger partial charge in [0.2, 0.25) is 0 Å². The van der Waals surface area contributed by atoms with E-state index in [1.165, 1.54) is 69.4 Å². The molecule has 2 N–H and O–H groups in total. The minimum absolute atomic E-state index is 0.108. The summed E-state index contributed by atoms with van der Waals surface area (Å²) in [7, 11) is -4.35. The number of hydrogen-bond donors (Lipinski definition) is 2. The maximum Gasteiger partial charge on any atom is 0.469 e. The number of rotatable bonds is 31. The van der Waals surface area contributed by atoms with Crippen LogP contribution in [0.5, 0.6) is 0 Å². The Balaban J connectivity index is 4.23. The van der Waals surface area contributed by atoms with Crippen molar-refractivity contribution in [3.8, 4) is 0 Å². The van der Waals surface area contributed by atoms with Gasteiger partial charge in [-0.2, -0.15) is 0 Å². The maximum atomic E-state index is 10.8. The summed E-state index contributed by atoms with van der Waals surface area (Å²) in [5.41, 5.74) is 13.4. The molecular formula is C50H85O4P. The molecule has 0 aromatic heterocycles. The minimum atomic E-state index is -4.35. The van der Waals surface area contributed by atoms with Gasteiger partial charge in [0.15, 0.2) is 0 Å². The molecule has 1 unspecified atom stereocenters. The number of phosphoric acid groups is 1. The molecule has 0 radical (unpaired) electrons. The first kappa shape index (κ1) is 52.8. The summed E-state index contributed by atoms with van der Waals surface area (Å²) in [6, 6.07) is 0. The van der Waals surface area contributed by atoms with E-state index in [-0.39, 0.29) is 6.61 Å². The van der Waals surface area contributed by atoms with Crippen LogP contribution in [0.15, 0.2) is 105 Å². The Morgan fingerprint density at radius 1 is 0.418 bits per heavy atom. The second-order valence-corrected chi connectivity index (χ2v) is 18.0. The molecule has 1 atom stereocenters. The SMILES string of the molecule is CC(C)=CCC/C(C)=C/CC/C(C)=C/CC/C(C)=C/CC/C(C)=C/CC/C(C)=C/CC/C(C)=C/CC/C(C)=C\CC/C(C)=C/CCC(C)CCOP(=O)(O)O. The van der Waals surface area contributed by atoms with Crippen molar-refractivity contribution in [1.82, 2.24) is 0 Å². The van der Waals surface area contributed by atoms with Crippen LogP contribution in [0, 0.1) is 5.92 Å². The van der Waals surface area contributed by atoms with Crippen molar-refractivity contribution in [3.63, 3.8) is 0 Å². The van der Waals surface area contributed by atoms with Crippen LogP contribution in [-0.4, -0.2) is 16.4 Å². The van der Waals surface area contributed by atoms with Crippen LogP contribution in [0.4, 0.5) is 0 Å². The van der Waals surface area contributed by atoms with Crippen molar-refractivity contribution in [2.45, 2.75) is 198 Å². The minimum Gasteiger partial charge on any atom is -0.303 e. The van der Waals surface area contributed by atoms with Crippen LogP contribution >= 0.6 is 7.82 Å². The summed E-state index contributed by atoms with van der Waals surface area (Å²) in [5.74, 6) is 0.378. The average Bonchev–Trinajstić information content (AvgIpc) is 3.07. The molecule has 55 heavy (non-hydrogen) atoms. The number of hydrogen-bond acceptors (Lipinski definition) is 2. The third-order valence-electron chi connectivity index (χ3n) is 10.3. The van der Waals surface area contributed by atoms with Crippen molar-refractivity contribution in [1.29, 1.82) is 0 Å². The third-order valence-corrected chi connectivity index (χ3v) is 10.9. The van der Waals surface area contributed by atoms with Gasteiger partial charge in [0.25, 0.3) is 0 Å². The quantitative estimate of drug-likeness (QED) is 0.0543. The molecule has 0 aromatic rings. The molecule has 5 heteroatoms. The third kappa shape index (κ3) is 37.1. The lowest BCUT2D eigenvalue weighted by Crippen LogP contribution is -2.00. The highest BCUT2D eigenvalue weighted by Gasteiger charge is 2.14. The summed E-state index contributed by atoms with van der Waals surface area (Å²) >= 11 is 0. The van der Waals surface area contributed by atoms with E-state index < -0.39 is 7.82 Å². The fraction of sp³-hybridized carbons (Fsp3) is 0.640. The van der Waals surface area contributed by atoms with Gasteiger partial charge in [0.1, 0.15) is 0 Å². The standard InChI is InChI=1S/C50H85O4P/c1-41(2)21-12-22-42(3)23-13-24-43(4)25-14-26-44(5)27-15-28-45(6)29-16-30-46(7)31-17-32-47(8)33-18-34-48(9)35-19-36-49(10)37-20-38-50(11)39-40-54-55(51,52)53/h21,23,25,27,29,31,33,35,37,50H,12-20,22,24,26,28,30,32,34,36,38-40H2,1-11H3,(H2,51,52,53)/b42-23+,43-25+,44-27+,45-29+,46-31+,47-33+,48-35-,49-37+. The molecule has 0 heterocycles. The number of allylic oxidation sites excluding steroid dienone is 18. The monoisotopic (exact) mass is 781 g/mol. The van der Waals surface area contributed by atoms with Crippen LogP contribution in [0.25, 0.3) is 0 Å². The molecule has 0 fully saturated rings. The van der Waals surface area contributed by atoms with Crippen molar-refractivity contribution in [3.05, 3.63) is 105 Å². The van der Waals surface area contributed by atoms with E-state index in [0.717, 1.165) is 96.3 Å². The molecule has 0 spiro atoms. The Hall–Kier alpha value is -2.23. The van der Waals surface area contributed by atoms with Gasteiger partial charge >= 0.3 is 7.82 Å². The van der Waals surface area contributed by atoms with E-state index in [1.807, 2.05) is 0 Å². The van der Waals surface area contributed by atoms with Gasteiger partial charge in [-0.3, -0.25) is 4.52 Å². The highest BCUT2D eigenvalue weighted by molar-refractivity contribution is 7.46. The van der Waals surface area contributed by atoms with E-state index in [4.69, 9.17) is 9.79 Å². The Morgan fingerprint density at radius 3 is 0.891 bits per heavy atom. The normalized spacial score (nSPS) is 15.2. The molecule has 0 amide bonds. The number of phosphoric ester groups is 1. The lowest BCUT2D eigenvalue weighted by molar-refractivity contribution is 0.185. The lowest BCUT2D eigenvalue weighted by Gasteiger charge is -2.11. The molecule has 0 aliphatic heterocycles. The first-order chi connectivity index (χ1) is 26.0. The Kier molecular flexibility index (Phi) is 31.5. The molecular weight excluding hydrogens is 696 g/mol. The molecule has 0 saturated carbocycles. The molecule has 314 valence electrons. The zero-order chi connectivity index (χ0) is 41.5. The van der Waals surface area contributed by atoms with Crippen LogP contribution in [0.2, 0.25) is 0 Å². The molecule has 0 bridgehead atoms. The van der Waals surface area contributed by atoms with Gasteiger partial charge < -0.3 is 9.79 Å². The highest BCUT2D eigenvalue weighted by atomic mass is 31.2. The van der Waals surface area contributed by atoms with E-state index in [0.29, 0.717) is 12.3 Å². The van der Waals surface area contributed by atoms with Crippen molar-refractivity contribution in [2.75, 3.05) is 6.61 Å². The summed E-state index contributed by atoms with van der Waals surface area (Å²) in [5, 5.41) is 0. The fourth-order valence-corrected chi connectivity index (χ4v) is 6.70. The lowest BCUT2D eigenvalue weighted by atomic mass is 10.0. The molecule has 4 nitrogen and oxygen atoms in total. The van der Waals surface area contributed by atoms with E-state index in [2.05, 4.69) is 135 Å². The molecule has 0 aliphatic rings. The Morgan fingerprint density at radius 2 is 0.655 bits per heavy atom. The highest BCUT2D eigenvalue weighted by Crippen LogP contribution is 2.36. The second kappa shape index (κ2) is 32.8. The van der Waals surface area contributed by atoms with Crippen molar-refractivity contribution >= 4 is 7.82 Å². The predicted molar refractivity (Wildman–Crippen MR) is 244 cm³/mol. The van der Waals surface area contributed by atoms with Crippen LogP contribution < -0.4 is 0 Å². The summed E-state index contributed by atoms with van der Waals surface area (Å²) in [6.45, 7) is 24.7. The zero-order valence-corrected chi connectivity index (χ0v) is 38.5. The van der Waals surface area contributed by atoms with Gasteiger partial charge in [-0.05, 0) is 197 Å². The molecule has 0 saturated heterocycles. The zero-order valence-electron chi connectivity index (χ0n) is 37.6. The Bertz CT molecular complexity index is 1380. The maximum absolute atomic E-state index is 10.8.